The van der Waals surface area contributed by atoms with Gasteiger partial charge in [0, 0.05) is 0 Å². The number of ether oxygens (including phenoxy) is 1. The molecule has 0 aliphatic carbocycles. The van der Waals surface area contributed by atoms with Gasteiger partial charge in [-0.2, -0.15) is 5.11 Å². The van der Waals surface area contributed by atoms with Crippen LogP contribution in [0.5, 0.6) is 5.75 Å². The van der Waals surface area contributed by atoms with Crippen LogP contribution in [-0.2, 0) is 0 Å². The lowest BCUT2D eigenvalue weighted by atomic mass is 10.2. The third-order valence-corrected chi connectivity index (χ3v) is 2.47. The van der Waals surface area contributed by atoms with Crippen molar-refractivity contribution in [2.24, 2.45) is 10.2 Å². The van der Waals surface area contributed by atoms with E-state index in [2.05, 4.69) is 10.2 Å². The van der Waals surface area contributed by atoms with Gasteiger partial charge < -0.3 is 4.74 Å². The minimum Gasteiger partial charge on any atom is -0.494 e. The van der Waals surface area contributed by atoms with Crippen molar-refractivity contribution in [3.63, 3.8) is 0 Å². The summed E-state index contributed by atoms with van der Waals surface area (Å²) in [6.07, 6.45) is 0. The number of azo groups is 1. The lowest BCUT2D eigenvalue weighted by Gasteiger charge is -2.02. The number of benzene rings is 2. The summed E-state index contributed by atoms with van der Waals surface area (Å²) in [5.41, 5.74) is 2.71. The molecule has 0 saturated heterocycles. The summed E-state index contributed by atoms with van der Waals surface area (Å²) in [7, 11) is 1.63. The zero-order valence-corrected chi connectivity index (χ0v) is 9.92. The number of rotatable bonds is 3. The molecule has 0 atom stereocenters. The molecule has 0 aliphatic heterocycles. The van der Waals surface area contributed by atoms with E-state index in [4.69, 9.17) is 4.74 Å². The number of nitrogens with zero attached hydrogens (tertiary/aromatic N) is 2. The van der Waals surface area contributed by atoms with E-state index in [-0.39, 0.29) is 0 Å². The van der Waals surface area contributed by atoms with Crippen LogP contribution in [0.1, 0.15) is 5.56 Å². The van der Waals surface area contributed by atoms with Crippen molar-refractivity contribution < 1.29 is 4.74 Å². The minimum absolute atomic E-state index is 0.727. The smallest absolute Gasteiger partial charge is 0.146 e. The molecular weight excluding hydrogens is 212 g/mol. The van der Waals surface area contributed by atoms with Crippen molar-refractivity contribution in [2.75, 3.05) is 7.11 Å². The average Bonchev–Trinajstić information content (AvgIpc) is 2.38. The van der Waals surface area contributed by atoms with Crippen molar-refractivity contribution in [1.82, 2.24) is 0 Å². The molecular formula is C14H14N2O. The van der Waals surface area contributed by atoms with Crippen molar-refractivity contribution in [3.8, 4) is 5.75 Å². The molecule has 3 nitrogen and oxygen atoms in total. The van der Waals surface area contributed by atoms with E-state index in [1.54, 1.807) is 7.11 Å². The van der Waals surface area contributed by atoms with Gasteiger partial charge in [-0.15, -0.1) is 5.11 Å². The summed E-state index contributed by atoms with van der Waals surface area (Å²) < 4.78 is 5.21. The van der Waals surface area contributed by atoms with Gasteiger partial charge in [-0.1, -0.05) is 30.3 Å². The Balaban J connectivity index is 2.29. The van der Waals surface area contributed by atoms with Crippen LogP contribution in [-0.4, -0.2) is 7.11 Å². The van der Waals surface area contributed by atoms with E-state index in [1.807, 2.05) is 55.5 Å². The van der Waals surface area contributed by atoms with Gasteiger partial charge in [0.1, 0.15) is 11.4 Å². The molecule has 3 heteroatoms. The van der Waals surface area contributed by atoms with E-state index in [9.17, 15) is 0 Å². The highest BCUT2D eigenvalue weighted by Gasteiger charge is 1.99. The van der Waals surface area contributed by atoms with Crippen LogP contribution < -0.4 is 4.74 Å². The molecule has 0 spiro atoms. The first-order chi connectivity index (χ1) is 8.31. The van der Waals surface area contributed by atoms with Gasteiger partial charge in [0.05, 0.1) is 12.8 Å². The summed E-state index contributed by atoms with van der Waals surface area (Å²) >= 11 is 0. The Kier molecular flexibility index (Phi) is 3.50. The Morgan fingerprint density at radius 2 is 1.41 bits per heavy atom. The maximum Gasteiger partial charge on any atom is 0.146 e. The fourth-order valence-electron chi connectivity index (χ4n) is 1.50. The van der Waals surface area contributed by atoms with Gasteiger partial charge in [0.2, 0.25) is 0 Å². The van der Waals surface area contributed by atoms with Gasteiger partial charge in [0.15, 0.2) is 0 Å². The summed E-state index contributed by atoms with van der Waals surface area (Å²) in [6, 6.07) is 15.4. The predicted octanol–water partition coefficient (Wildman–Crippen LogP) is 4.42. The molecule has 0 unspecified atom stereocenters. The third-order valence-electron chi connectivity index (χ3n) is 2.47. The molecule has 2 aromatic rings. The van der Waals surface area contributed by atoms with Crippen molar-refractivity contribution in [2.45, 2.75) is 6.92 Å². The first-order valence-electron chi connectivity index (χ1n) is 5.41. The largest absolute Gasteiger partial charge is 0.494 e. The van der Waals surface area contributed by atoms with Gasteiger partial charge in [-0.25, -0.2) is 0 Å². The van der Waals surface area contributed by atoms with Crippen LogP contribution in [0.15, 0.2) is 58.8 Å². The maximum absolute atomic E-state index is 5.21. The molecule has 0 bridgehead atoms. The Morgan fingerprint density at radius 1 is 0.824 bits per heavy atom. The first kappa shape index (κ1) is 11.3. The van der Waals surface area contributed by atoms with Crippen LogP contribution in [0.3, 0.4) is 0 Å². The lowest BCUT2D eigenvalue weighted by molar-refractivity contribution is 0.416. The molecule has 0 amide bonds. The molecule has 0 aliphatic rings. The van der Waals surface area contributed by atoms with Gasteiger partial charge in [0.25, 0.3) is 0 Å². The molecule has 0 N–H and O–H groups in total. The molecule has 0 heterocycles. The van der Waals surface area contributed by atoms with Crippen molar-refractivity contribution >= 4 is 11.4 Å². The molecule has 0 saturated carbocycles. The van der Waals surface area contributed by atoms with Gasteiger partial charge in [-0.3, -0.25) is 0 Å². The highest BCUT2D eigenvalue weighted by molar-refractivity contribution is 5.52. The Bertz CT molecular complexity index is 535. The van der Waals surface area contributed by atoms with Crippen molar-refractivity contribution in [1.29, 1.82) is 0 Å². The summed E-state index contributed by atoms with van der Waals surface area (Å²) in [5, 5.41) is 8.44. The van der Waals surface area contributed by atoms with E-state index < -0.39 is 0 Å². The number of hydrogen-bond acceptors (Lipinski definition) is 3. The van der Waals surface area contributed by atoms with Gasteiger partial charge >= 0.3 is 0 Å². The predicted molar refractivity (Wildman–Crippen MR) is 68.3 cm³/mol. The lowest BCUT2D eigenvalue weighted by Crippen LogP contribution is -1.81. The first-order valence-corrected chi connectivity index (χ1v) is 5.41. The number of aryl methyl sites for hydroxylation is 1. The fourth-order valence-corrected chi connectivity index (χ4v) is 1.50. The summed E-state index contributed by atoms with van der Waals surface area (Å²) in [6.45, 7) is 2.01. The molecule has 2 aromatic carbocycles. The molecule has 17 heavy (non-hydrogen) atoms. The quantitative estimate of drug-likeness (QED) is 0.713. The zero-order chi connectivity index (χ0) is 12.1. The summed E-state index contributed by atoms with van der Waals surface area (Å²) in [4.78, 5) is 0. The SMILES string of the molecule is COc1ccccc1N=Nc1ccccc1C. The Labute approximate surface area is 101 Å². The molecule has 2 rings (SSSR count). The van der Waals surface area contributed by atoms with Crippen LogP contribution >= 0.6 is 0 Å². The molecule has 0 fully saturated rings. The number of methoxy groups -OCH3 is 1. The second-order valence-corrected chi connectivity index (χ2v) is 3.66. The maximum atomic E-state index is 5.21. The highest BCUT2D eigenvalue weighted by Crippen LogP contribution is 2.28. The van der Waals surface area contributed by atoms with E-state index in [1.165, 1.54) is 0 Å². The average molecular weight is 226 g/mol. The molecule has 86 valence electrons. The van der Waals surface area contributed by atoms with E-state index >= 15 is 0 Å². The standard InChI is InChI=1S/C14H14N2O/c1-11-7-3-4-8-12(11)15-16-13-9-5-6-10-14(13)17-2/h3-10H,1-2H3. The Hall–Kier alpha value is -2.16. The number of hydrogen-bond donors (Lipinski definition) is 0. The zero-order valence-electron chi connectivity index (χ0n) is 9.92. The molecule has 0 aromatic heterocycles. The number of para-hydroxylation sites is 1. The minimum atomic E-state index is 0.727. The van der Waals surface area contributed by atoms with Crippen LogP contribution in [0.2, 0.25) is 0 Å². The summed E-state index contributed by atoms with van der Waals surface area (Å²) in [5.74, 6) is 0.727. The molecule has 0 radical (unpaired) electrons. The normalized spacial score (nSPS) is 10.7. The van der Waals surface area contributed by atoms with Crippen LogP contribution in [0.4, 0.5) is 11.4 Å². The monoisotopic (exact) mass is 226 g/mol. The second-order valence-electron chi connectivity index (χ2n) is 3.66. The highest BCUT2D eigenvalue weighted by atomic mass is 16.5. The van der Waals surface area contributed by atoms with E-state index in [0.717, 1.165) is 22.7 Å². The third kappa shape index (κ3) is 2.69. The second kappa shape index (κ2) is 5.25. The Morgan fingerprint density at radius 3 is 2.12 bits per heavy atom. The van der Waals surface area contributed by atoms with Gasteiger partial charge in [-0.05, 0) is 30.7 Å². The van der Waals surface area contributed by atoms with Crippen LogP contribution in [0.25, 0.3) is 0 Å². The topological polar surface area (TPSA) is 34.0 Å². The van der Waals surface area contributed by atoms with Crippen molar-refractivity contribution in [3.05, 3.63) is 54.1 Å². The van der Waals surface area contributed by atoms with Crippen LogP contribution in [0, 0.1) is 6.92 Å². The van der Waals surface area contributed by atoms with E-state index in [0.29, 0.717) is 0 Å². The fraction of sp³-hybridized carbons (Fsp3) is 0.143.